The number of aromatic carboxylic acids is 1. The lowest BCUT2D eigenvalue weighted by Crippen LogP contribution is -1.98. The van der Waals surface area contributed by atoms with Crippen molar-refractivity contribution in [3.63, 3.8) is 0 Å². The lowest BCUT2D eigenvalue weighted by atomic mass is 10.4. The summed E-state index contributed by atoms with van der Waals surface area (Å²) >= 11 is 6.51. The van der Waals surface area contributed by atoms with Crippen LogP contribution in [-0.2, 0) is 5.75 Å². The molecule has 1 aromatic carbocycles. The highest BCUT2D eigenvalue weighted by atomic mass is 79.9. The summed E-state index contributed by atoms with van der Waals surface area (Å²) in [7, 11) is 0. The molecule has 0 fully saturated rings. The lowest BCUT2D eigenvalue weighted by molar-refractivity contribution is 0.0690. The maximum Gasteiger partial charge on any atom is 0.355 e. The van der Waals surface area contributed by atoms with Crippen molar-refractivity contribution >= 4 is 45.0 Å². The number of halogens is 1. The number of aromatic nitrogens is 1. The summed E-state index contributed by atoms with van der Waals surface area (Å²) in [6.07, 6.45) is 0. The van der Waals surface area contributed by atoms with Crippen LogP contribution in [0, 0.1) is 6.92 Å². The van der Waals surface area contributed by atoms with Crippen LogP contribution in [-0.4, -0.2) is 16.1 Å². The standard InChI is InChI=1S/C12H10BrNO2S2/c1-7-11(12(15)16)14-10(18-7)6-17-9-4-2-3-8(13)5-9/h2-5H,6H2,1H3,(H,15,16). The minimum atomic E-state index is -0.956. The zero-order valence-corrected chi connectivity index (χ0v) is 12.7. The van der Waals surface area contributed by atoms with Crippen LogP contribution in [0.25, 0.3) is 0 Å². The largest absolute Gasteiger partial charge is 0.476 e. The second-order valence-electron chi connectivity index (χ2n) is 3.56. The molecule has 94 valence electrons. The van der Waals surface area contributed by atoms with Crippen molar-refractivity contribution < 1.29 is 9.90 Å². The molecule has 1 heterocycles. The minimum Gasteiger partial charge on any atom is -0.476 e. The van der Waals surface area contributed by atoms with Crippen molar-refractivity contribution in [2.45, 2.75) is 17.6 Å². The Kier molecular flexibility index (Phi) is 4.42. The van der Waals surface area contributed by atoms with Crippen molar-refractivity contribution in [2.24, 2.45) is 0 Å². The van der Waals surface area contributed by atoms with E-state index in [-0.39, 0.29) is 5.69 Å². The smallest absolute Gasteiger partial charge is 0.355 e. The van der Waals surface area contributed by atoms with E-state index in [2.05, 4.69) is 20.9 Å². The molecule has 2 aromatic rings. The number of hydrogen-bond donors (Lipinski definition) is 1. The average molecular weight is 344 g/mol. The van der Waals surface area contributed by atoms with Gasteiger partial charge in [0.25, 0.3) is 0 Å². The number of carbonyl (C=O) groups is 1. The van der Waals surface area contributed by atoms with Crippen LogP contribution in [0.5, 0.6) is 0 Å². The van der Waals surface area contributed by atoms with Crippen LogP contribution in [0.3, 0.4) is 0 Å². The van der Waals surface area contributed by atoms with E-state index in [0.717, 1.165) is 19.3 Å². The Bertz CT molecular complexity index is 583. The zero-order chi connectivity index (χ0) is 13.1. The van der Waals surface area contributed by atoms with Gasteiger partial charge in [-0.15, -0.1) is 23.1 Å². The summed E-state index contributed by atoms with van der Waals surface area (Å²) in [5, 5.41) is 9.77. The summed E-state index contributed by atoms with van der Waals surface area (Å²) in [6, 6.07) is 8.00. The number of benzene rings is 1. The van der Waals surface area contributed by atoms with Gasteiger partial charge < -0.3 is 5.11 Å². The van der Waals surface area contributed by atoms with E-state index in [1.807, 2.05) is 24.3 Å². The van der Waals surface area contributed by atoms with Gasteiger partial charge in [0.05, 0.1) is 5.75 Å². The van der Waals surface area contributed by atoms with Gasteiger partial charge in [-0.3, -0.25) is 0 Å². The molecule has 0 aliphatic heterocycles. The quantitative estimate of drug-likeness (QED) is 0.845. The Labute approximate surface area is 121 Å². The predicted octanol–water partition coefficient (Wildman–Crippen LogP) is 4.20. The second-order valence-corrected chi connectivity index (χ2v) is 6.82. The number of hydrogen-bond acceptors (Lipinski definition) is 4. The van der Waals surface area contributed by atoms with E-state index in [0.29, 0.717) is 5.75 Å². The number of carboxylic acid groups (broad SMARTS) is 1. The SMILES string of the molecule is Cc1sc(CSc2cccc(Br)c2)nc1C(=O)O. The molecule has 0 atom stereocenters. The third-order valence-electron chi connectivity index (χ3n) is 2.20. The van der Waals surface area contributed by atoms with Gasteiger partial charge in [0.15, 0.2) is 5.69 Å². The number of nitrogens with zero attached hydrogens (tertiary/aromatic N) is 1. The Hall–Kier alpha value is -0.850. The zero-order valence-electron chi connectivity index (χ0n) is 9.51. The third-order valence-corrected chi connectivity index (χ3v) is 4.85. The van der Waals surface area contributed by atoms with Crippen molar-refractivity contribution in [3.05, 3.63) is 44.3 Å². The number of thiazole rings is 1. The van der Waals surface area contributed by atoms with Crippen LogP contribution in [0.2, 0.25) is 0 Å². The van der Waals surface area contributed by atoms with Gasteiger partial charge in [-0.05, 0) is 25.1 Å². The highest BCUT2D eigenvalue weighted by molar-refractivity contribution is 9.10. The lowest BCUT2D eigenvalue weighted by Gasteiger charge is -1.99. The Balaban J connectivity index is 2.06. The van der Waals surface area contributed by atoms with Crippen molar-refractivity contribution in [1.29, 1.82) is 0 Å². The molecule has 1 N–H and O–H groups in total. The van der Waals surface area contributed by atoms with Crippen LogP contribution >= 0.6 is 39.0 Å². The van der Waals surface area contributed by atoms with Gasteiger partial charge >= 0.3 is 5.97 Å². The first kappa shape index (κ1) is 13.6. The third kappa shape index (κ3) is 3.34. The maximum absolute atomic E-state index is 10.9. The molecular formula is C12H10BrNO2S2. The molecule has 0 radical (unpaired) electrons. The second kappa shape index (κ2) is 5.86. The Morgan fingerprint density at radius 2 is 2.33 bits per heavy atom. The molecule has 0 aliphatic rings. The first-order chi connectivity index (χ1) is 8.56. The number of aryl methyl sites for hydroxylation is 1. The number of thioether (sulfide) groups is 1. The Morgan fingerprint density at radius 3 is 2.94 bits per heavy atom. The molecule has 0 saturated heterocycles. The molecule has 0 saturated carbocycles. The van der Waals surface area contributed by atoms with Gasteiger partial charge in [0, 0.05) is 14.2 Å². The van der Waals surface area contributed by atoms with E-state index in [9.17, 15) is 4.79 Å². The molecule has 0 amide bonds. The molecule has 3 nitrogen and oxygen atoms in total. The highest BCUT2D eigenvalue weighted by Crippen LogP contribution is 2.28. The first-order valence-corrected chi connectivity index (χ1v) is 7.73. The van der Waals surface area contributed by atoms with Gasteiger partial charge in [-0.25, -0.2) is 9.78 Å². The van der Waals surface area contributed by atoms with E-state index < -0.39 is 5.97 Å². The molecule has 0 unspecified atom stereocenters. The monoisotopic (exact) mass is 343 g/mol. The molecule has 2 rings (SSSR count). The molecule has 1 aromatic heterocycles. The molecular weight excluding hydrogens is 334 g/mol. The molecule has 6 heteroatoms. The normalized spacial score (nSPS) is 10.6. The first-order valence-electron chi connectivity index (χ1n) is 5.14. The maximum atomic E-state index is 10.9. The van der Waals surface area contributed by atoms with E-state index in [1.165, 1.54) is 11.3 Å². The fraction of sp³-hybridized carbons (Fsp3) is 0.167. The summed E-state index contributed by atoms with van der Waals surface area (Å²) in [4.78, 5) is 16.9. The van der Waals surface area contributed by atoms with E-state index in [4.69, 9.17) is 5.11 Å². The number of carboxylic acids is 1. The fourth-order valence-corrected chi connectivity index (χ4v) is 3.84. The average Bonchev–Trinajstić information content (AvgIpc) is 2.68. The van der Waals surface area contributed by atoms with Crippen molar-refractivity contribution in [1.82, 2.24) is 4.98 Å². The van der Waals surface area contributed by atoms with Crippen LogP contribution in [0.1, 0.15) is 20.4 Å². The highest BCUT2D eigenvalue weighted by Gasteiger charge is 2.13. The van der Waals surface area contributed by atoms with Gasteiger partial charge in [0.2, 0.25) is 0 Å². The summed E-state index contributed by atoms with van der Waals surface area (Å²) in [6.45, 7) is 1.79. The van der Waals surface area contributed by atoms with Gasteiger partial charge in [0.1, 0.15) is 5.01 Å². The molecule has 0 spiro atoms. The number of rotatable bonds is 4. The van der Waals surface area contributed by atoms with Crippen molar-refractivity contribution in [3.8, 4) is 0 Å². The molecule has 0 bridgehead atoms. The van der Waals surface area contributed by atoms with Gasteiger partial charge in [-0.1, -0.05) is 22.0 Å². The van der Waals surface area contributed by atoms with Crippen LogP contribution in [0.15, 0.2) is 33.6 Å². The van der Waals surface area contributed by atoms with E-state index >= 15 is 0 Å². The topological polar surface area (TPSA) is 50.2 Å². The van der Waals surface area contributed by atoms with Gasteiger partial charge in [-0.2, -0.15) is 0 Å². The predicted molar refractivity (Wildman–Crippen MR) is 77.5 cm³/mol. The van der Waals surface area contributed by atoms with Crippen molar-refractivity contribution in [2.75, 3.05) is 0 Å². The van der Waals surface area contributed by atoms with Crippen LogP contribution < -0.4 is 0 Å². The molecule has 0 aliphatic carbocycles. The summed E-state index contributed by atoms with van der Waals surface area (Å²) in [5.41, 5.74) is 0.171. The van der Waals surface area contributed by atoms with Crippen LogP contribution in [0.4, 0.5) is 0 Å². The minimum absolute atomic E-state index is 0.171. The molecule has 18 heavy (non-hydrogen) atoms. The Morgan fingerprint density at radius 1 is 1.56 bits per heavy atom. The van der Waals surface area contributed by atoms with E-state index in [1.54, 1.807) is 18.7 Å². The fourth-order valence-electron chi connectivity index (χ4n) is 1.41. The summed E-state index contributed by atoms with van der Waals surface area (Å²) < 4.78 is 1.04. The summed E-state index contributed by atoms with van der Waals surface area (Å²) in [5.74, 6) is -0.266.